The second-order valence-corrected chi connectivity index (χ2v) is 8.28. The third kappa shape index (κ3) is 3.76. The van der Waals surface area contributed by atoms with Crippen molar-refractivity contribution < 1.29 is 4.79 Å². The maximum Gasteiger partial charge on any atom is 0.239 e. The minimum absolute atomic E-state index is 0.0164. The smallest absolute Gasteiger partial charge is 0.239 e. The monoisotopic (exact) mass is 331 g/mol. The van der Waals surface area contributed by atoms with E-state index in [0.29, 0.717) is 18.0 Å². The Morgan fingerprint density at radius 1 is 1.30 bits per heavy atom. The van der Waals surface area contributed by atoms with Crippen LogP contribution in [-0.2, 0) is 17.6 Å². The number of carbonyl (C=O) groups excluding carboxylic acids is 1. The van der Waals surface area contributed by atoms with Crippen molar-refractivity contribution in [2.75, 3.05) is 25.0 Å². The van der Waals surface area contributed by atoms with E-state index in [-0.39, 0.29) is 5.91 Å². The third-order valence-corrected chi connectivity index (χ3v) is 6.29. The summed E-state index contributed by atoms with van der Waals surface area (Å²) in [5.41, 5.74) is 1.88. The summed E-state index contributed by atoms with van der Waals surface area (Å²) in [7, 11) is 0. The van der Waals surface area contributed by atoms with E-state index < -0.39 is 0 Å². The molecule has 3 rings (SSSR count). The molecule has 1 aromatic heterocycles. The highest BCUT2D eigenvalue weighted by atomic mass is 32.1. The number of fused-ring (bicyclic) bond motifs is 1. The lowest BCUT2D eigenvalue weighted by molar-refractivity contribution is -0.117. The molecule has 0 radical (unpaired) electrons. The van der Waals surface area contributed by atoms with Gasteiger partial charge in [-0.2, -0.15) is 5.26 Å². The molecule has 2 heterocycles. The zero-order valence-corrected chi connectivity index (χ0v) is 14.8. The van der Waals surface area contributed by atoms with Crippen molar-refractivity contribution in [3.63, 3.8) is 0 Å². The van der Waals surface area contributed by atoms with E-state index in [4.69, 9.17) is 0 Å². The highest BCUT2D eigenvalue weighted by Crippen LogP contribution is 2.39. The molecule has 0 unspecified atom stereocenters. The van der Waals surface area contributed by atoms with E-state index in [1.807, 2.05) is 0 Å². The Bertz CT molecular complexity index is 623. The average molecular weight is 331 g/mol. The van der Waals surface area contributed by atoms with E-state index in [0.717, 1.165) is 43.3 Å². The van der Waals surface area contributed by atoms with Crippen LogP contribution in [-0.4, -0.2) is 30.4 Å². The van der Waals surface area contributed by atoms with Crippen LogP contribution >= 0.6 is 11.3 Å². The molecule has 1 fully saturated rings. The third-order valence-electron chi connectivity index (χ3n) is 5.12. The molecule has 1 aliphatic carbocycles. The van der Waals surface area contributed by atoms with Gasteiger partial charge in [-0.3, -0.25) is 9.69 Å². The first kappa shape index (κ1) is 16.5. The summed E-state index contributed by atoms with van der Waals surface area (Å²) in [5.74, 6) is 1.46. The summed E-state index contributed by atoms with van der Waals surface area (Å²) in [6.07, 6.45) is 5.48. The Kier molecular flexibility index (Phi) is 5.03. The van der Waals surface area contributed by atoms with Gasteiger partial charge in [-0.05, 0) is 62.6 Å². The number of nitrogens with zero attached hydrogens (tertiary/aromatic N) is 2. The summed E-state index contributed by atoms with van der Waals surface area (Å²) >= 11 is 1.61. The van der Waals surface area contributed by atoms with Gasteiger partial charge in [-0.15, -0.1) is 11.3 Å². The van der Waals surface area contributed by atoms with Gasteiger partial charge in [0.2, 0.25) is 5.91 Å². The lowest BCUT2D eigenvalue weighted by atomic mass is 9.89. The quantitative estimate of drug-likeness (QED) is 0.923. The molecule has 1 N–H and O–H groups in total. The maximum absolute atomic E-state index is 12.4. The Hall–Kier alpha value is -1.38. The lowest BCUT2D eigenvalue weighted by Crippen LogP contribution is -2.38. The van der Waals surface area contributed by atoms with Crippen LogP contribution in [0.15, 0.2) is 0 Å². The zero-order valence-electron chi connectivity index (χ0n) is 14.0. The number of likely N-dealkylation sites (tertiary alicyclic amines) is 1. The van der Waals surface area contributed by atoms with Gasteiger partial charge in [0.25, 0.3) is 0 Å². The second kappa shape index (κ2) is 7.02. The predicted octanol–water partition coefficient (Wildman–Crippen LogP) is 3.41. The number of rotatable bonds is 3. The molecule has 1 amide bonds. The first-order valence-electron chi connectivity index (χ1n) is 8.63. The molecule has 0 spiro atoms. The molecule has 4 nitrogen and oxygen atoms in total. The van der Waals surface area contributed by atoms with E-state index in [1.165, 1.54) is 23.3 Å². The molecular weight excluding hydrogens is 306 g/mol. The van der Waals surface area contributed by atoms with Crippen LogP contribution in [0.25, 0.3) is 0 Å². The summed E-state index contributed by atoms with van der Waals surface area (Å²) in [6.45, 7) is 6.96. The molecule has 5 heteroatoms. The van der Waals surface area contributed by atoms with Gasteiger partial charge in [-0.25, -0.2) is 0 Å². The van der Waals surface area contributed by atoms with Crippen molar-refractivity contribution in [2.45, 2.75) is 46.0 Å². The average Bonchev–Trinajstić information content (AvgIpc) is 2.85. The van der Waals surface area contributed by atoms with Crippen molar-refractivity contribution in [3.8, 4) is 6.07 Å². The molecule has 0 aromatic carbocycles. The van der Waals surface area contributed by atoms with Crippen molar-refractivity contribution in [2.24, 2.45) is 11.8 Å². The van der Waals surface area contributed by atoms with Crippen LogP contribution in [0.3, 0.4) is 0 Å². The maximum atomic E-state index is 12.4. The Labute approximate surface area is 142 Å². The number of piperidine rings is 1. The number of nitriles is 1. The van der Waals surface area contributed by atoms with Crippen LogP contribution < -0.4 is 5.32 Å². The molecule has 1 aromatic rings. The summed E-state index contributed by atoms with van der Waals surface area (Å²) in [4.78, 5) is 15.9. The van der Waals surface area contributed by atoms with Crippen molar-refractivity contribution in [1.29, 1.82) is 5.26 Å². The first-order valence-corrected chi connectivity index (χ1v) is 9.45. The van der Waals surface area contributed by atoms with Crippen LogP contribution in [0.2, 0.25) is 0 Å². The van der Waals surface area contributed by atoms with Gasteiger partial charge in [0.15, 0.2) is 0 Å². The van der Waals surface area contributed by atoms with Crippen LogP contribution in [0.4, 0.5) is 5.00 Å². The molecule has 0 bridgehead atoms. The molecule has 0 saturated carbocycles. The first-order chi connectivity index (χ1) is 11.1. The number of hydrogen-bond acceptors (Lipinski definition) is 4. The largest absolute Gasteiger partial charge is 0.315 e. The van der Waals surface area contributed by atoms with E-state index in [1.54, 1.807) is 11.3 Å². The highest BCUT2D eigenvalue weighted by molar-refractivity contribution is 7.16. The fourth-order valence-electron chi connectivity index (χ4n) is 3.55. The SMILES string of the molecule is CC1CCN(CC(=O)Nc2sc3c(c2C#N)CC[C@@H](C)C3)CC1. The van der Waals surface area contributed by atoms with Crippen molar-refractivity contribution in [1.82, 2.24) is 4.90 Å². The number of hydrogen-bond donors (Lipinski definition) is 1. The Morgan fingerprint density at radius 3 is 2.74 bits per heavy atom. The standard InChI is InChI=1S/C18H25N3OS/c1-12-5-7-21(8-6-12)11-17(22)20-18-15(10-19)14-4-3-13(2)9-16(14)23-18/h12-13H,3-9,11H2,1-2H3,(H,20,22)/t13-/m1/s1. The Balaban J connectivity index is 1.66. The number of carbonyl (C=O) groups is 1. The minimum atomic E-state index is 0.0164. The molecule has 1 atom stereocenters. The minimum Gasteiger partial charge on any atom is -0.315 e. The summed E-state index contributed by atoms with van der Waals surface area (Å²) in [6, 6.07) is 2.32. The van der Waals surface area contributed by atoms with Crippen LogP contribution in [0.1, 0.15) is 49.1 Å². The molecule has 1 aliphatic heterocycles. The van der Waals surface area contributed by atoms with Crippen LogP contribution in [0.5, 0.6) is 0 Å². The topological polar surface area (TPSA) is 56.1 Å². The number of nitrogens with one attached hydrogen (secondary N) is 1. The predicted molar refractivity (Wildman–Crippen MR) is 93.7 cm³/mol. The van der Waals surface area contributed by atoms with Crippen LogP contribution in [0, 0.1) is 23.2 Å². The van der Waals surface area contributed by atoms with Gasteiger partial charge in [0.05, 0.1) is 12.1 Å². The zero-order chi connectivity index (χ0) is 16.4. The van der Waals surface area contributed by atoms with Gasteiger partial charge in [0.1, 0.15) is 11.1 Å². The van der Waals surface area contributed by atoms with E-state index in [2.05, 4.69) is 30.1 Å². The second-order valence-electron chi connectivity index (χ2n) is 7.17. The van der Waals surface area contributed by atoms with E-state index in [9.17, 15) is 10.1 Å². The highest BCUT2D eigenvalue weighted by Gasteiger charge is 2.25. The molecule has 1 saturated heterocycles. The lowest BCUT2D eigenvalue weighted by Gasteiger charge is -2.29. The van der Waals surface area contributed by atoms with Gasteiger partial charge in [0, 0.05) is 4.88 Å². The van der Waals surface area contributed by atoms with Gasteiger partial charge < -0.3 is 5.32 Å². The fourth-order valence-corrected chi connectivity index (χ4v) is 4.92. The molecular formula is C18H25N3OS. The van der Waals surface area contributed by atoms with E-state index >= 15 is 0 Å². The molecule has 23 heavy (non-hydrogen) atoms. The van der Waals surface area contributed by atoms with Crippen molar-refractivity contribution in [3.05, 3.63) is 16.0 Å². The number of anilines is 1. The molecule has 2 aliphatic rings. The normalized spacial score (nSPS) is 22.4. The van der Waals surface area contributed by atoms with Gasteiger partial charge in [-0.1, -0.05) is 13.8 Å². The number of amides is 1. The summed E-state index contributed by atoms with van der Waals surface area (Å²) in [5, 5.41) is 13.3. The fraction of sp³-hybridized carbons (Fsp3) is 0.667. The van der Waals surface area contributed by atoms with Gasteiger partial charge >= 0.3 is 0 Å². The molecule has 124 valence electrons. The number of thiophene rings is 1. The summed E-state index contributed by atoms with van der Waals surface area (Å²) < 4.78 is 0. The Morgan fingerprint density at radius 2 is 2.04 bits per heavy atom. The van der Waals surface area contributed by atoms with Crippen molar-refractivity contribution >= 4 is 22.2 Å².